The van der Waals surface area contributed by atoms with Crippen molar-refractivity contribution in [3.8, 4) is 5.75 Å². The smallest absolute Gasteiger partial charge is 0.278 e. The lowest BCUT2D eigenvalue weighted by Crippen LogP contribution is -2.57. The first-order valence-electron chi connectivity index (χ1n) is 4.53. The van der Waals surface area contributed by atoms with Crippen molar-refractivity contribution >= 4 is 17.5 Å². The van der Waals surface area contributed by atoms with Crippen LogP contribution in [0, 0.1) is 5.82 Å². The molecular weight excluding hydrogens is 215 g/mol. The summed E-state index contributed by atoms with van der Waals surface area (Å²) in [6, 6.07) is 3.61. The second-order valence-corrected chi connectivity index (χ2v) is 3.59. The number of ether oxygens (including phenoxy) is 1. The monoisotopic (exact) mass is 224 g/mol. The van der Waals surface area contributed by atoms with Crippen molar-refractivity contribution in [3.05, 3.63) is 24.0 Å². The summed E-state index contributed by atoms with van der Waals surface area (Å²) in [5.74, 6) is -2.04. The number of amides is 2. The van der Waals surface area contributed by atoms with E-state index in [4.69, 9.17) is 10.5 Å². The summed E-state index contributed by atoms with van der Waals surface area (Å²) in [4.78, 5) is 22.7. The Bertz CT molecular complexity index is 489. The Balaban J connectivity index is 2.48. The number of hydrogen-bond donors (Lipinski definition) is 2. The normalized spacial score (nSPS) is 23.0. The molecule has 2 amide bonds. The molecule has 1 aliphatic rings. The standard InChI is InChI=1S/C10H9FN2O3/c1-10(8(12)14)9(15)13-6-3-2-5(11)4-7(6)16-10/h2-4H,1H3,(H2,12,14)(H,13,15)/t10-/m0/s1. The number of carbonyl (C=O) groups excluding carboxylic acids is 2. The number of rotatable bonds is 1. The van der Waals surface area contributed by atoms with Crippen LogP contribution >= 0.6 is 0 Å². The number of hydrogen-bond acceptors (Lipinski definition) is 3. The average Bonchev–Trinajstić information content (AvgIpc) is 2.20. The molecule has 1 aromatic rings. The van der Waals surface area contributed by atoms with Crippen LogP contribution in [0.25, 0.3) is 0 Å². The van der Waals surface area contributed by atoms with Gasteiger partial charge in [0, 0.05) is 6.07 Å². The van der Waals surface area contributed by atoms with Crippen LogP contribution in [-0.4, -0.2) is 17.4 Å². The molecule has 0 aliphatic carbocycles. The van der Waals surface area contributed by atoms with Crippen molar-refractivity contribution in [2.24, 2.45) is 5.73 Å². The van der Waals surface area contributed by atoms with E-state index in [-0.39, 0.29) is 5.75 Å². The molecule has 16 heavy (non-hydrogen) atoms. The summed E-state index contributed by atoms with van der Waals surface area (Å²) < 4.78 is 18.1. The molecule has 0 radical (unpaired) electrons. The number of nitrogens with one attached hydrogen (secondary N) is 1. The number of benzene rings is 1. The molecule has 1 aliphatic heterocycles. The zero-order chi connectivity index (χ0) is 11.9. The lowest BCUT2D eigenvalue weighted by atomic mass is 10.0. The number of nitrogens with two attached hydrogens (primary N) is 1. The van der Waals surface area contributed by atoms with Crippen LogP contribution in [-0.2, 0) is 9.59 Å². The van der Waals surface area contributed by atoms with Crippen molar-refractivity contribution in [2.75, 3.05) is 5.32 Å². The maximum absolute atomic E-state index is 12.9. The first kappa shape index (κ1) is 10.4. The molecule has 0 saturated heterocycles. The van der Waals surface area contributed by atoms with Gasteiger partial charge in [0.15, 0.2) is 0 Å². The van der Waals surface area contributed by atoms with Gasteiger partial charge in [-0.3, -0.25) is 9.59 Å². The predicted molar refractivity (Wildman–Crippen MR) is 53.3 cm³/mol. The van der Waals surface area contributed by atoms with Crippen LogP contribution in [0.5, 0.6) is 5.75 Å². The molecule has 2 rings (SSSR count). The number of carbonyl (C=O) groups is 2. The molecule has 6 heteroatoms. The van der Waals surface area contributed by atoms with Crippen molar-refractivity contribution in [2.45, 2.75) is 12.5 Å². The molecule has 1 aromatic carbocycles. The van der Waals surface area contributed by atoms with Gasteiger partial charge < -0.3 is 15.8 Å². The highest BCUT2D eigenvalue weighted by atomic mass is 19.1. The largest absolute Gasteiger partial charge is 0.465 e. The van der Waals surface area contributed by atoms with Gasteiger partial charge in [-0.1, -0.05) is 0 Å². The van der Waals surface area contributed by atoms with E-state index >= 15 is 0 Å². The van der Waals surface area contributed by atoms with E-state index in [1.54, 1.807) is 0 Å². The molecule has 0 spiro atoms. The highest BCUT2D eigenvalue weighted by molar-refractivity contribution is 6.14. The minimum atomic E-state index is -1.80. The summed E-state index contributed by atoms with van der Waals surface area (Å²) in [5, 5.41) is 2.43. The van der Waals surface area contributed by atoms with Gasteiger partial charge >= 0.3 is 0 Å². The summed E-state index contributed by atoms with van der Waals surface area (Å²) in [5.41, 5.74) is 3.57. The summed E-state index contributed by atoms with van der Waals surface area (Å²) in [6.07, 6.45) is 0. The molecular formula is C10H9FN2O3. The van der Waals surface area contributed by atoms with Gasteiger partial charge in [0.1, 0.15) is 11.6 Å². The Morgan fingerprint density at radius 1 is 1.56 bits per heavy atom. The third kappa shape index (κ3) is 1.39. The van der Waals surface area contributed by atoms with Crippen LogP contribution in [0.1, 0.15) is 6.92 Å². The van der Waals surface area contributed by atoms with Crippen LogP contribution in [0.15, 0.2) is 18.2 Å². The zero-order valence-corrected chi connectivity index (χ0v) is 8.41. The highest BCUT2D eigenvalue weighted by Crippen LogP contribution is 2.33. The van der Waals surface area contributed by atoms with Crippen LogP contribution in [0.3, 0.4) is 0 Å². The second kappa shape index (κ2) is 3.19. The van der Waals surface area contributed by atoms with E-state index in [0.717, 1.165) is 6.07 Å². The van der Waals surface area contributed by atoms with Crippen molar-refractivity contribution in [3.63, 3.8) is 0 Å². The number of primary amides is 1. The fraction of sp³-hybridized carbons (Fsp3) is 0.200. The van der Waals surface area contributed by atoms with E-state index in [0.29, 0.717) is 5.69 Å². The Morgan fingerprint density at radius 3 is 2.88 bits per heavy atom. The third-order valence-electron chi connectivity index (χ3n) is 2.41. The van der Waals surface area contributed by atoms with Crippen LogP contribution < -0.4 is 15.8 Å². The SMILES string of the molecule is C[C@@]1(C(N)=O)Oc2cc(F)ccc2NC1=O. The fourth-order valence-corrected chi connectivity index (χ4v) is 1.35. The van der Waals surface area contributed by atoms with Crippen molar-refractivity contribution < 1.29 is 18.7 Å². The van der Waals surface area contributed by atoms with E-state index in [2.05, 4.69) is 5.32 Å². The summed E-state index contributed by atoms with van der Waals surface area (Å²) in [6.45, 7) is 1.23. The van der Waals surface area contributed by atoms with Gasteiger partial charge in [0.25, 0.3) is 17.4 Å². The molecule has 1 atom stereocenters. The van der Waals surface area contributed by atoms with E-state index in [1.807, 2.05) is 0 Å². The van der Waals surface area contributed by atoms with Gasteiger partial charge in [-0.2, -0.15) is 0 Å². The Hall–Kier alpha value is -2.11. The molecule has 1 heterocycles. The Morgan fingerprint density at radius 2 is 2.25 bits per heavy atom. The molecule has 0 fully saturated rings. The lowest BCUT2D eigenvalue weighted by molar-refractivity contribution is -0.144. The molecule has 5 nitrogen and oxygen atoms in total. The average molecular weight is 224 g/mol. The highest BCUT2D eigenvalue weighted by Gasteiger charge is 2.45. The third-order valence-corrected chi connectivity index (χ3v) is 2.41. The van der Waals surface area contributed by atoms with Gasteiger partial charge in [0.2, 0.25) is 0 Å². The Kier molecular flexibility index (Phi) is 2.08. The maximum Gasteiger partial charge on any atom is 0.278 e. The maximum atomic E-state index is 12.9. The van der Waals surface area contributed by atoms with E-state index < -0.39 is 23.2 Å². The number of fused-ring (bicyclic) bond motifs is 1. The molecule has 0 aromatic heterocycles. The lowest BCUT2D eigenvalue weighted by Gasteiger charge is -2.31. The van der Waals surface area contributed by atoms with Crippen LogP contribution in [0.4, 0.5) is 10.1 Å². The van der Waals surface area contributed by atoms with E-state index in [1.165, 1.54) is 19.1 Å². The van der Waals surface area contributed by atoms with Gasteiger partial charge in [0.05, 0.1) is 5.69 Å². The molecule has 0 bridgehead atoms. The van der Waals surface area contributed by atoms with Gasteiger partial charge in [-0.15, -0.1) is 0 Å². The van der Waals surface area contributed by atoms with E-state index in [9.17, 15) is 14.0 Å². The fourth-order valence-electron chi connectivity index (χ4n) is 1.35. The van der Waals surface area contributed by atoms with Crippen molar-refractivity contribution in [1.29, 1.82) is 0 Å². The first-order chi connectivity index (χ1) is 7.43. The molecule has 84 valence electrons. The summed E-state index contributed by atoms with van der Waals surface area (Å²) >= 11 is 0. The quantitative estimate of drug-likeness (QED) is 0.677. The minimum Gasteiger partial charge on any atom is -0.465 e. The second-order valence-electron chi connectivity index (χ2n) is 3.59. The topological polar surface area (TPSA) is 81.4 Å². The minimum absolute atomic E-state index is 0.0842. The zero-order valence-electron chi connectivity index (χ0n) is 8.41. The number of anilines is 1. The molecule has 0 unspecified atom stereocenters. The van der Waals surface area contributed by atoms with Gasteiger partial charge in [-0.05, 0) is 19.1 Å². The molecule has 3 N–H and O–H groups in total. The molecule has 0 saturated carbocycles. The number of halogens is 1. The first-order valence-corrected chi connectivity index (χ1v) is 4.53. The Labute approximate surface area is 90.4 Å². The van der Waals surface area contributed by atoms with Crippen molar-refractivity contribution in [1.82, 2.24) is 0 Å². The van der Waals surface area contributed by atoms with Gasteiger partial charge in [-0.25, -0.2) is 4.39 Å². The van der Waals surface area contributed by atoms with Crippen LogP contribution in [0.2, 0.25) is 0 Å². The summed E-state index contributed by atoms with van der Waals surface area (Å²) in [7, 11) is 0. The predicted octanol–water partition coefficient (Wildman–Crippen LogP) is 0.401.